The summed E-state index contributed by atoms with van der Waals surface area (Å²) in [6.45, 7) is 3.37. The Morgan fingerprint density at radius 1 is 1.18 bits per heavy atom. The zero-order valence-electron chi connectivity index (χ0n) is 17.9. The van der Waals surface area contributed by atoms with Crippen LogP contribution in [0.25, 0.3) is 0 Å². The third-order valence-electron chi connectivity index (χ3n) is 4.42. The van der Waals surface area contributed by atoms with Crippen LogP contribution in [0, 0.1) is 0 Å². The second-order valence-corrected chi connectivity index (χ2v) is 8.61. The standard InChI is InChI=1S/C21H25N5O6S/c1-2-31-16-10-6-9-15(19(16)25-21-23-11-12-24-21)20(28)32-18(27)13-17(22)26-33(29,30)14-7-4-3-5-8-14/h3-10,17,26H,2,11-13,22H2,1H3,(H2,23,24,25)/t17-/m0/s1. The fourth-order valence-corrected chi connectivity index (χ4v) is 4.13. The van der Waals surface area contributed by atoms with Gasteiger partial charge < -0.3 is 25.8 Å². The molecule has 0 unspecified atom stereocenters. The number of guanidine groups is 1. The summed E-state index contributed by atoms with van der Waals surface area (Å²) in [5.41, 5.74) is 6.09. The number of hydrogen-bond acceptors (Lipinski definition) is 10. The van der Waals surface area contributed by atoms with Crippen LogP contribution in [0.1, 0.15) is 23.7 Å². The summed E-state index contributed by atoms with van der Waals surface area (Å²) in [6, 6.07) is 12.3. The Bertz CT molecular complexity index is 1140. The van der Waals surface area contributed by atoms with Crippen LogP contribution in [0.5, 0.6) is 5.75 Å². The molecule has 12 heteroatoms. The fraction of sp³-hybridized carbons (Fsp3) is 0.286. The maximum atomic E-state index is 12.7. The Balaban J connectivity index is 1.68. The molecule has 0 fully saturated rings. The quantitative estimate of drug-likeness (QED) is 0.233. The minimum Gasteiger partial charge on any atom is -0.492 e. The molecule has 3 rings (SSSR count). The van der Waals surface area contributed by atoms with Crippen LogP contribution in [0.2, 0.25) is 0 Å². The summed E-state index contributed by atoms with van der Waals surface area (Å²) in [6.07, 6.45) is -1.85. The monoisotopic (exact) mass is 475 g/mol. The summed E-state index contributed by atoms with van der Waals surface area (Å²) in [5, 5.41) is 6.02. The molecule has 1 atom stereocenters. The van der Waals surface area contributed by atoms with Gasteiger partial charge in [0.2, 0.25) is 10.0 Å². The van der Waals surface area contributed by atoms with Gasteiger partial charge in [0.15, 0.2) is 5.96 Å². The number of nitrogens with one attached hydrogen (secondary N) is 3. The first-order chi connectivity index (χ1) is 15.8. The van der Waals surface area contributed by atoms with Gasteiger partial charge in [-0.25, -0.2) is 13.2 Å². The van der Waals surface area contributed by atoms with Gasteiger partial charge >= 0.3 is 11.9 Å². The number of sulfonamides is 1. The van der Waals surface area contributed by atoms with Crippen molar-refractivity contribution in [3.05, 3.63) is 54.1 Å². The molecule has 2 aromatic rings. The molecule has 2 aromatic carbocycles. The van der Waals surface area contributed by atoms with Gasteiger partial charge in [0.05, 0.1) is 41.9 Å². The maximum absolute atomic E-state index is 12.7. The molecule has 0 spiro atoms. The number of para-hydroxylation sites is 1. The van der Waals surface area contributed by atoms with Gasteiger partial charge in [-0.1, -0.05) is 24.3 Å². The Morgan fingerprint density at radius 2 is 1.94 bits per heavy atom. The minimum absolute atomic E-state index is 0.00298. The lowest BCUT2D eigenvalue weighted by molar-refractivity contribution is -0.138. The van der Waals surface area contributed by atoms with Crippen LogP contribution in [-0.4, -0.2) is 52.2 Å². The molecule has 1 aliphatic heterocycles. The van der Waals surface area contributed by atoms with E-state index in [2.05, 4.69) is 20.3 Å². The van der Waals surface area contributed by atoms with E-state index in [1.165, 1.54) is 18.2 Å². The number of esters is 2. The van der Waals surface area contributed by atoms with Crippen molar-refractivity contribution >= 4 is 33.6 Å². The number of nitrogens with two attached hydrogens (primary N) is 1. The van der Waals surface area contributed by atoms with Crippen LogP contribution in [0.15, 0.2) is 58.4 Å². The van der Waals surface area contributed by atoms with Gasteiger partial charge in [0.25, 0.3) is 0 Å². The van der Waals surface area contributed by atoms with E-state index in [1.54, 1.807) is 37.3 Å². The lowest BCUT2D eigenvalue weighted by Crippen LogP contribution is -2.43. The van der Waals surface area contributed by atoms with Crippen LogP contribution < -0.4 is 25.8 Å². The molecule has 176 valence electrons. The Morgan fingerprint density at radius 3 is 2.61 bits per heavy atom. The Kier molecular flexibility index (Phi) is 7.98. The van der Waals surface area contributed by atoms with E-state index >= 15 is 0 Å². The predicted octanol–water partition coefficient (Wildman–Crippen LogP) is 0.793. The molecule has 0 saturated carbocycles. The van der Waals surface area contributed by atoms with E-state index in [1.807, 2.05) is 0 Å². The molecular formula is C21H25N5O6S. The van der Waals surface area contributed by atoms with Gasteiger partial charge in [-0.2, -0.15) is 4.72 Å². The molecular weight excluding hydrogens is 450 g/mol. The third kappa shape index (κ3) is 6.51. The molecule has 0 bridgehead atoms. The highest BCUT2D eigenvalue weighted by atomic mass is 32.2. The molecule has 1 aliphatic rings. The van der Waals surface area contributed by atoms with E-state index in [0.717, 1.165) is 0 Å². The zero-order valence-corrected chi connectivity index (χ0v) is 18.7. The van der Waals surface area contributed by atoms with Crippen LogP contribution >= 0.6 is 0 Å². The van der Waals surface area contributed by atoms with Crippen molar-refractivity contribution in [2.75, 3.05) is 25.0 Å². The third-order valence-corrected chi connectivity index (χ3v) is 5.92. The van der Waals surface area contributed by atoms with Gasteiger partial charge in [0.1, 0.15) is 5.75 Å². The maximum Gasteiger partial charge on any atom is 0.348 e. The van der Waals surface area contributed by atoms with Gasteiger partial charge in [0, 0.05) is 6.54 Å². The van der Waals surface area contributed by atoms with E-state index < -0.39 is 34.5 Å². The first-order valence-corrected chi connectivity index (χ1v) is 11.7. The molecule has 5 N–H and O–H groups in total. The Labute approximate surface area is 191 Å². The number of rotatable bonds is 9. The molecule has 11 nitrogen and oxygen atoms in total. The number of ether oxygens (including phenoxy) is 2. The highest BCUT2D eigenvalue weighted by Gasteiger charge is 2.24. The number of hydrogen-bond donors (Lipinski definition) is 4. The molecule has 0 saturated heterocycles. The van der Waals surface area contributed by atoms with Crippen LogP contribution in [-0.2, 0) is 19.6 Å². The molecule has 0 radical (unpaired) electrons. The lowest BCUT2D eigenvalue weighted by atomic mass is 10.1. The number of carbonyl (C=O) groups is 2. The van der Waals surface area contributed by atoms with E-state index in [4.69, 9.17) is 15.2 Å². The number of nitrogens with zero attached hydrogens (tertiary/aromatic N) is 1. The fourth-order valence-electron chi connectivity index (χ4n) is 2.99. The molecule has 0 aliphatic carbocycles. The summed E-state index contributed by atoms with van der Waals surface area (Å²) >= 11 is 0. The highest BCUT2D eigenvalue weighted by Crippen LogP contribution is 2.29. The highest BCUT2D eigenvalue weighted by molar-refractivity contribution is 7.89. The second kappa shape index (κ2) is 10.9. The summed E-state index contributed by atoms with van der Waals surface area (Å²) < 4.78 is 37.3. The molecule has 33 heavy (non-hydrogen) atoms. The SMILES string of the molecule is CCOc1cccc(C(=O)OC(=O)C[C@@H](N)NS(=O)(=O)c2ccccc2)c1NC1=NCCN1. The van der Waals surface area contributed by atoms with E-state index in [0.29, 0.717) is 37.1 Å². The first kappa shape index (κ1) is 24.2. The normalized spacial score (nSPS) is 14.1. The van der Waals surface area contributed by atoms with Crippen molar-refractivity contribution in [2.45, 2.75) is 24.4 Å². The number of benzene rings is 2. The van der Waals surface area contributed by atoms with Crippen molar-refractivity contribution in [3.8, 4) is 5.75 Å². The van der Waals surface area contributed by atoms with Gasteiger partial charge in [-0.15, -0.1) is 0 Å². The Hall–Kier alpha value is -3.48. The minimum atomic E-state index is -3.93. The zero-order chi connectivity index (χ0) is 23.8. The number of anilines is 1. The average molecular weight is 476 g/mol. The molecule has 0 aromatic heterocycles. The van der Waals surface area contributed by atoms with Crippen molar-refractivity contribution in [3.63, 3.8) is 0 Å². The van der Waals surface area contributed by atoms with E-state index in [9.17, 15) is 18.0 Å². The molecule has 0 amide bonds. The van der Waals surface area contributed by atoms with Crippen molar-refractivity contribution < 1.29 is 27.5 Å². The number of carbonyl (C=O) groups excluding carboxylic acids is 2. The van der Waals surface area contributed by atoms with Gasteiger partial charge in [-0.05, 0) is 31.2 Å². The molecule has 1 heterocycles. The van der Waals surface area contributed by atoms with Crippen LogP contribution in [0.3, 0.4) is 0 Å². The van der Waals surface area contributed by atoms with Crippen molar-refractivity contribution in [1.29, 1.82) is 0 Å². The second-order valence-electron chi connectivity index (χ2n) is 6.90. The summed E-state index contributed by atoms with van der Waals surface area (Å²) in [5.74, 6) is -1.10. The van der Waals surface area contributed by atoms with Crippen molar-refractivity contribution in [2.24, 2.45) is 10.7 Å². The lowest BCUT2D eigenvalue weighted by Gasteiger charge is -2.16. The van der Waals surface area contributed by atoms with Gasteiger partial charge in [-0.3, -0.25) is 9.79 Å². The summed E-state index contributed by atoms with van der Waals surface area (Å²) in [4.78, 5) is 29.2. The topological polar surface area (TPSA) is 161 Å². The average Bonchev–Trinajstić information content (AvgIpc) is 3.28. The van der Waals surface area contributed by atoms with Crippen LogP contribution in [0.4, 0.5) is 5.69 Å². The largest absolute Gasteiger partial charge is 0.492 e. The first-order valence-electron chi connectivity index (χ1n) is 10.2. The van der Waals surface area contributed by atoms with Crippen molar-refractivity contribution in [1.82, 2.24) is 10.0 Å². The number of aliphatic imine (C=N–C) groups is 1. The predicted molar refractivity (Wildman–Crippen MR) is 121 cm³/mol. The van der Waals surface area contributed by atoms with E-state index in [-0.39, 0.29) is 10.5 Å². The summed E-state index contributed by atoms with van der Waals surface area (Å²) in [7, 11) is -3.93. The smallest absolute Gasteiger partial charge is 0.348 e.